The van der Waals surface area contributed by atoms with Gasteiger partial charge in [-0.1, -0.05) is 53.7 Å². The summed E-state index contributed by atoms with van der Waals surface area (Å²) in [5.41, 5.74) is 5.38. The number of nitrogens with one attached hydrogen (secondary N) is 1. The van der Waals surface area contributed by atoms with Gasteiger partial charge in [0, 0.05) is 18.0 Å². The van der Waals surface area contributed by atoms with E-state index < -0.39 is 5.97 Å². The molecule has 0 radical (unpaired) electrons. The summed E-state index contributed by atoms with van der Waals surface area (Å²) >= 11 is 0. The Morgan fingerprint density at radius 1 is 1.18 bits per heavy atom. The largest absolute Gasteiger partial charge is 0.482 e. The van der Waals surface area contributed by atoms with Gasteiger partial charge in [-0.05, 0) is 73.4 Å². The van der Waals surface area contributed by atoms with E-state index >= 15 is 0 Å². The Morgan fingerprint density at radius 2 is 2.03 bits per heavy atom. The molecule has 0 amide bonds. The Kier molecular flexibility index (Phi) is 7.81. The van der Waals surface area contributed by atoms with Crippen LogP contribution in [0, 0.1) is 5.92 Å². The highest BCUT2D eigenvalue weighted by Crippen LogP contribution is 2.34. The van der Waals surface area contributed by atoms with Crippen LogP contribution in [0.5, 0.6) is 5.75 Å². The minimum atomic E-state index is -0.964. The van der Waals surface area contributed by atoms with E-state index in [1.165, 1.54) is 5.56 Å². The average molecular weight is 459 g/mol. The molecule has 0 saturated carbocycles. The van der Waals surface area contributed by atoms with Gasteiger partial charge in [0.15, 0.2) is 12.7 Å². The maximum atomic E-state index is 10.9. The molecule has 0 spiro atoms. The van der Waals surface area contributed by atoms with Crippen LogP contribution in [-0.2, 0) is 22.5 Å². The molecule has 34 heavy (non-hydrogen) atoms. The van der Waals surface area contributed by atoms with Crippen molar-refractivity contribution in [2.75, 3.05) is 6.61 Å². The van der Waals surface area contributed by atoms with Gasteiger partial charge in [0.1, 0.15) is 5.75 Å². The van der Waals surface area contributed by atoms with Gasteiger partial charge < -0.3 is 20.0 Å². The van der Waals surface area contributed by atoms with Gasteiger partial charge in [0.25, 0.3) is 0 Å². The van der Waals surface area contributed by atoms with Crippen molar-refractivity contribution >= 4 is 11.7 Å². The van der Waals surface area contributed by atoms with Gasteiger partial charge in [-0.15, -0.1) is 0 Å². The van der Waals surface area contributed by atoms with Crippen molar-refractivity contribution in [2.24, 2.45) is 11.1 Å². The van der Waals surface area contributed by atoms with Crippen LogP contribution in [0.3, 0.4) is 0 Å². The second-order valence-electron chi connectivity index (χ2n) is 8.64. The Bertz CT molecular complexity index is 1120. The molecule has 0 fully saturated rings. The van der Waals surface area contributed by atoms with E-state index in [2.05, 4.69) is 16.5 Å². The molecule has 2 unspecified atom stereocenters. The number of benzene rings is 2. The molecule has 176 valence electrons. The topological polar surface area (TPSA) is 80.2 Å². The first kappa shape index (κ1) is 23.4. The lowest BCUT2D eigenvalue weighted by atomic mass is 9.81. The summed E-state index contributed by atoms with van der Waals surface area (Å²) in [4.78, 5) is 17.0. The van der Waals surface area contributed by atoms with E-state index in [0.717, 1.165) is 48.1 Å². The van der Waals surface area contributed by atoms with E-state index in [1.54, 1.807) is 0 Å². The van der Waals surface area contributed by atoms with Crippen molar-refractivity contribution in [3.8, 4) is 5.75 Å². The molecule has 6 nitrogen and oxygen atoms in total. The number of carboxylic acids is 1. The van der Waals surface area contributed by atoms with Gasteiger partial charge in [0.05, 0.1) is 5.71 Å². The van der Waals surface area contributed by atoms with E-state index in [1.807, 2.05) is 80.0 Å². The molecular weight excluding hydrogens is 428 g/mol. The Hall–Kier alpha value is -3.80. The van der Waals surface area contributed by atoms with E-state index in [9.17, 15) is 4.79 Å². The molecule has 2 aliphatic rings. The van der Waals surface area contributed by atoms with Crippen LogP contribution in [-0.4, -0.2) is 23.4 Å². The summed E-state index contributed by atoms with van der Waals surface area (Å²) in [5.74, 6) is 0.175. The van der Waals surface area contributed by atoms with Gasteiger partial charge in [-0.25, -0.2) is 4.79 Å². The lowest BCUT2D eigenvalue weighted by Crippen LogP contribution is -2.19. The Balaban J connectivity index is 1.43. The predicted molar refractivity (Wildman–Crippen MR) is 133 cm³/mol. The maximum absolute atomic E-state index is 10.9. The molecule has 0 bridgehead atoms. The van der Waals surface area contributed by atoms with Gasteiger partial charge in [-0.3, -0.25) is 0 Å². The number of oxime groups is 1. The van der Waals surface area contributed by atoms with E-state index in [0.29, 0.717) is 11.7 Å². The third kappa shape index (κ3) is 6.16. The fraction of sp³-hybridized carbons (Fsp3) is 0.286. The molecule has 1 aliphatic heterocycles. The summed E-state index contributed by atoms with van der Waals surface area (Å²) in [6.45, 7) is 1.70. The Labute approximate surface area is 200 Å². The van der Waals surface area contributed by atoms with Gasteiger partial charge in [0.2, 0.25) is 0 Å². The molecule has 2 aromatic carbocycles. The summed E-state index contributed by atoms with van der Waals surface area (Å²) < 4.78 is 5.49. The van der Waals surface area contributed by atoms with E-state index in [4.69, 9.17) is 14.7 Å². The van der Waals surface area contributed by atoms with Crippen molar-refractivity contribution in [3.05, 3.63) is 101 Å². The van der Waals surface area contributed by atoms with E-state index in [-0.39, 0.29) is 12.7 Å². The number of carbonyl (C=O) groups is 1. The van der Waals surface area contributed by atoms with Crippen LogP contribution in [0.2, 0.25) is 0 Å². The smallest absolute Gasteiger partial charge is 0.341 e. The van der Waals surface area contributed by atoms with Crippen molar-refractivity contribution in [2.45, 2.75) is 38.7 Å². The number of rotatable bonds is 9. The van der Waals surface area contributed by atoms with Crippen molar-refractivity contribution in [3.63, 3.8) is 0 Å². The molecule has 1 aliphatic carbocycles. The molecule has 6 heteroatoms. The molecule has 2 aromatic rings. The minimum Gasteiger partial charge on any atom is -0.482 e. The number of ether oxygens (including phenoxy) is 1. The molecule has 1 heterocycles. The standard InChI is InChI=1S/C28H30N2O4/c1-20(17-21-12-13-25-24(18-21)9-5-11-26(25)33-19-27(31)32)30-34-28(22-7-3-2-4-8-22)23-10-6-15-29-16-14-23/h2-11,14-16,21,28-29H,12-13,17-19H2,1H3,(H,31,32)/b30-20-. The third-order valence-electron chi connectivity index (χ3n) is 6.05. The fourth-order valence-corrected chi connectivity index (χ4v) is 4.48. The van der Waals surface area contributed by atoms with Crippen LogP contribution in [0.4, 0.5) is 0 Å². The van der Waals surface area contributed by atoms with Crippen LogP contribution in [0.15, 0.2) is 89.9 Å². The first-order valence-electron chi connectivity index (χ1n) is 11.6. The second-order valence-corrected chi connectivity index (χ2v) is 8.64. The number of hydrogen-bond donors (Lipinski definition) is 2. The van der Waals surface area contributed by atoms with Gasteiger partial charge >= 0.3 is 5.97 Å². The number of nitrogens with zero attached hydrogens (tertiary/aromatic N) is 1. The molecule has 4 rings (SSSR count). The Morgan fingerprint density at radius 3 is 2.85 bits per heavy atom. The molecule has 2 N–H and O–H groups in total. The number of hydrogen-bond acceptors (Lipinski definition) is 5. The highest BCUT2D eigenvalue weighted by molar-refractivity contribution is 5.81. The summed E-state index contributed by atoms with van der Waals surface area (Å²) in [6, 6.07) is 16.0. The van der Waals surface area contributed by atoms with Crippen LogP contribution in [0.1, 0.15) is 42.6 Å². The van der Waals surface area contributed by atoms with Crippen LogP contribution < -0.4 is 10.1 Å². The van der Waals surface area contributed by atoms with Crippen molar-refractivity contribution in [1.82, 2.24) is 5.32 Å². The predicted octanol–water partition coefficient (Wildman–Crippen LogP) is 5.34. The molecule has 2 atom stereocenters. The summed E-state index contributed by atoms with van der Waals surface area (Å²) in [6.07, 6.45) is 13.1. The lowest BCUT2D eigenvalue weighted by molar-refractivity contribution is -0.139. The average Bonchev–Trinajstić information content (AvgIpc) is 3.13. The highest BCUT2D eigenvalue weighted by Gasteiger charge is 2.23. The summed E-state index contributed by atoms with van der Waals surface area (Å²) in [5, 5.41) is 16.5. The third-order valence-corrected chi connectivity index (χ3v) is 6.05. The quantitative estimate of drug-likeness (QED) is 0.392. The zero-order valence-electron chi connectivity index (χ0n) is 19.3. The lowest BCUT2D eigenvalue weighted by Gasteiger charge is -2.26. The first-order valence-corrected chi connectivity index (χ1v) is 11.6. The normalized spacial score (nSPS) is 18.2. The number of allylic oxidation sites excluding steroid dienone is 2. The molecular formula is C28H30N2O4. The SMILES string of the molecule is C/C(CC1CCc2c(cccc2OCC(=O)O)C1)=N/OC(C1=CC=CNC=C1)c1ccccc1. The van der Waals surface area contributed by atoms with Crippen LogP contribution in [0.25, 0.3) is 0 Å². The fourth-order valence-electron chi connectivity index (χ4n) is 4.48. The second kappa shape index (κ2) is 11.4. The highest BCUT2D eigenvalue weighted by atomic mass is 16.6. The van der Waals surface area contributed by atoms with Crippen LogP contribution >= 0.6 is 0 Å². The first-order chi connectivity index (χ1) is 16.6. The zero-order valence-corrected chi connectivity index (χ0v) is 19.3. The maximum Gasteiger partial charge on any atom is 0.341 e. The molecule has 0 saturated heterocycles. The monoisotopic (exact) mass is 458 g/mol. The number of fused-ring (bicyclic) bond motifs is 1. The van der Waals surface area contributed by atoms with Gasteiger partial charge in [-0.2, -0.15) is 0 Å². The zero-order chi connectivity index (χ0) is 23.8. The minimum absolute atomic E-state index is 0.294. The number of aliphatic carboxylic acids is 1. The van der Waals surface area contributed by atoms with Crippen molar-refractivity contribution < 1.29 is 19.5 Å². The molecule has 0 aromatic heterocycles. The van der Waals surface area contributed by atoms with Crippen molar-refractivity contribution in [1.29, 1.82) is 0 Å². The number of carboxylic acid groups (broad SMARTS) is 1. The summed E-state index contributed by atoms with van der Waals surface area (Å²) in [7, 11) is 0.